The fourth-order valence-electron chi connectivity index (χ4n) is 1.70. The van der Waals surface area contributed by atoms with Crippen molar-refractivity contribution < 1.29 is 8.42 Å². The molecule has 1 aromatic heterocycles. The van der Waals surface area contributed by atoms with Crippen molar-refractivity contribution in [1.29, 1.82) is 0 Å². The lowest BCUT2D eigenvalue weighted by Crippen LogP contribution is -2.36. The van der Waals surface area contributed by atoms with Crippen molar-refractivity contribution in [3.8, 4) is 0 Å². The van der Waals surface area contributed by atoms with Gasteiger partial charge in [0.2, 0.25) is 10.0 Å². The minimum absolute atomic E-state index is 0.0390. The first-order chi connectivity index (χ1) is 8.39. The number of pyridine rings is 1. The zero-order valence-corrected chi connectivity index (χ0v) is 12.2. The van der Waals surface area contributed by atoms with Crippen LogP contribution in [0.1, 0.15) is 25.8 Å². The quantitative estimate of drug-likeness (QED) is 0.781. The summed E-state index contributed by atoms with van der Waals surface area (Å²) < 4.78 is 26.3. The summed E-state index contributed by atoms with van der Waals surface area (Å²) in [5.41, 5.74) is 0.966. The summed E-state index contributed by atoms with van der Waals surface area (Å²) in [6, 6.07) is 3.50. The molecule has 0 amide bonds. The van der Waals surface area contributed by atoms with Crippen LogP contribution in [0.2, 0.25) is 0 Å². The van der Waals surface area contributed by atoms with E-state index in [1.165, 1.54) is 0 Å². The lowest BCUT2D eigenvalue weighted by atomic mass is 10.2. The van der Waals surface area contributed by atoms with Gasteiger partial charge in [-0.15, -0.1) is 11.6 Å². The maximum absolute atomic E-state index is 11.8. The summed E-state index contributed by atoms with van der Waals surface area (Å²) in [6.45, 7) is 3.67. The summed E-state index contributed by atoms with van der Waals surface area (Å²) in [7, 11) is -3.25. The van der Waals surface area contributed by atoms with E-state index in [1.807, 2.05) is 26.0 Å². The number of nitrogens with zero attached hydrogens (tertiary/aromatic N) is 1. The third kappa shape index (κ3) is 6.33. The van der Waals surface area contributed by atoms with Crippen LogP contribution in [0.4, 0.5) is 0 Å². The molecule has 0 fully saturated rings. The number of alkyl halides is 1. The first-order valence-electron chi connectivity index (χ1n) is 5.92. The van der Waals surface area contributed by atoms with Crippen LogP contribution in [0.25, 0.3) is 0 Å². The standard InChI is InChI=1S/C12H19ClN2O2S/c1-10(13)9-11(2)15-18(16,17)8-5-12-3-6-14-7-4-12/h3-4,6-7,10-11,15H,5,8-9H2,1-2H3. The second kappa shape index (κ2) is 7.07. The van der Waals surface area contributed by atoms with Gasteiger partial charge >= 0.3 is 0 Å². The summed E-state index contributed by atoms with van der Waals surface area (Å²) in [4.78, 5) is 3.89. The topological polar surface area (TPSA) is 59.1 Å². The van der Waals surface area contributed by atoms with Crippen LogP contribution in [0.5, 0.6) is 0 Å². The molecule has 0 bridgehead atoms. The Hall–Kier alpha value is -0.650. The Morgan fingerprint density at radius 1 is 1.33 bits per heavy atom. The molecule has 2 unspecified atom stereocenters. The zero-order chi connectivity index (χ0) is 13.6. The number of sulfonamides is 1. The molecule has 0 aliphatic carbocycles. The molecule has 0 aliphatic heterocycles. The van der Waals surface area contributed by atoms with Gasteiger partial charge in [-0.05, 0) is 44.4 Å². The van der Waals surface area contributed by atoms with Crippen LogP contribution in [0.15, 0.2) is 24.5 Å². The smallest absolute Gasteiger partial charge is 0.212 e. The second-order valence-corrected chi connectivity index (χ2v) is 7.08. The largest absolute Gasteiger partial charge is 0.265 e. The van der Waals surface area contributed by atoms with Gasteiger partial charge in [-0.3, -0.25) is 4.98 Å². The first-order valence-corrected chi connectivity index (χ1v) is 8.01. The lowest BCUT2D eigenvalue weighted by molar-refractivity contribution is 0.545. The van der Waals surface area contributed by atoms with Gasteiger partial charge < -0.3 is 0 Å². The summed E-state index contributed by atoms with van der Waals surface area (Å²) >= 11 is 5.83. The van der Waals surface area contributed by atoms with E-state index in [9.17, 15) is 8.42 Å². The van der Waals surface area contributed by atoms with Crippen molar-refractivity contribution >= 4 is 21.6 Å². The van der Waals surface area contributed by atoms with Crippen molar-refractivity contribution in [3.05, 3.63) is 30.1 Å². The average molecular weight is 291 g/mol. The highest BCUT2D eigenvalue weighted by molar-refractivity contribution is 7.89. The Morgan fingerprint density at radius 2 is 1.94 bits per heavy atom. The minimum atomic E-state index is -3.25. The molecular weight excluding hydrogens is 272 g/mol. The summed E-state index contributed by atoms with van der Waals surface area (Å²) in [6.07, 6.45) is 4.43. The van der Waals surface area contributed by atoms with Gasteiger partial charge in [0, 0.05) is 23.8 Å². The van der Waals surface area contributed by atoms with Crippen molar-refractivity contribution in [2.45, 2.75) is 38.1 Å². The van der Waals surface area contributed by atoms with Crippen molar-refractivity contribution in [2.75, 3.05) is 5.75 Å². The van der Waals surface area contributed by atoms with Gasteiger partial charge in [-0.1, -0.05) is 0 Å². The molecule has 1 N–H and O–H groups in total. The SMILES string of the molecule is CC(Cl)CC(C)NS(=O)(=O)CCc1ccncc1. The maximum atomic E-state index is 11.8. The van der Waals surface area contributed by atoms with Crippen LogP contribution in [-0.4, -0.2) is 30.6 Å². The second-order valence-electron chi connectivity index (χ2n) is 4.46. The molecule has 4 nitrogen and oxygen atoms in total. The number of aryl methyl sites for hydroxylation is 1. The molecule has 0 aliphatic rings. The Labute approximate surface area is 114 Å². The van der Waals surface area contributed by atoms with E-state index in [0.717, 1.165) is 5.56 Å². The third-order valence-electron chi connectivity index (χ3n) is 2.47. The summed E-state index contributed by atoms with van der Waals surface area (Å²) in [5, 5.41) is -0.0390. The fraction of sp³-hybridized carbons (Fsp3) is 0.583. The Balaban J connectivity index is 2.45. The van der Waals surface area contributed by atoms with Crippen LogP contribution in [0.3, 0.4) is 0 Å². The molecule has 102 valence electrons. The number of nitrogens with one attached hydrogen (secondary N) is 1. The van der Waals surface area contributed by atoms with Gasteiger partial charge in [0.25, 0.3) is 0 Å². The van der Waals surface area contributed by atoms with Crippen LogP contribution in [-0.2, 0) is 16.4 Å². The molecular formula is C12H19ClN2O2S. The van der Waals surface area contributed by atoms with Gasteiger partial charge in [0.05, 0.1) is 5.75 Å². The number of hydrogen-bond acceptors (Lipinski definition) is 3. The number of hydrogen-bond donors (Lipinski definition) is 1. The van der Waals surface area contributed by atoms with Crippen LogP contribution >= 0.6 is 11.6 Å². The third-order valence-corrected chi connectivity index (χ3v) is 4.15. The van der Waals surface area contributed by atoms with E-state index in [0.29, 0.717) is 12.8 Å². The Bertz CT molecular complexity index is 448. The van der Waals surface area contributed by atoms with Crippen molar-refractivity contribution in [2.24, 2.45) is 0 Å². The van der Waals surface area contributed by atoms with E-state index in [1.54, 1.807) is 12.4 Å². The molecule has 0 saturated carbocycles. The number of halogens is 1. The first kappa shape index (κ1) is 15.4. The van der Waals surface area contributed by atoms with E-state index >= 15 is 0 Å². The van der Waals surface area contributed by atoms with Gasteiger partial charge in [-0.2, -0.15) is 0 Å². The molecule has 6 heteroatoms. The van der Waals surface area contributed by atoms with Gasteiger partial charge in [0.15, 0.2) is 0 Å². The normalized spacial score (nSPS) is 15.3. The molecule has 0 spiro atoms. The van der Waals surface area contributed by atoms with Gasteiger partial charge in [-0.25, -0.2) is 13.1 Å². The highest BCUT2D eigenvalue weighted by atomic mass is 35.5. The van der Waals surface area contributed by atoms with E-state index < -0.39 is 10.0 Å². The van der Waals surface area contributed by atoms with Crippen LogP contribution in [0, 0.1) is 0 Å². The monoisotopic (exact) mass is 290 g/mol. The lowest BCUT2D eigenvalue weighted by Gasteiger charge is -2.15. The molecule has 1 aromatic rings. The maximum Gasteiger partial charge on any atom is 0.212 e. The molecule has 0 radical (unpaired) electrons. The molecule has 1 heterocycles. The predicted molar refractivity (Wildman–Crippen MR) is 74.3 cm³/mol. The van der Waals surface area contributed by atoms with E-state index in [-0.39, 0.29) is 17.2 Å². The van der Waals surface area contributed by atoms with E-state index in [4.69, 9.17) is 11.6 Å². The highest BCUT2D eigenvalue weighted by Crippen LogP contribution is 2.06. The molecule has 2 atom stereocenters. The number of aromatic nitrogens is 1. The number of rotatable bonds is 7. The summed E-state index contributed by atoms with van der Waals surface area (Å²) in [5.74, 6) is 0.0814. The molecule has 18 heavy (non-hydrogen) atoms. The van der Waals surface area contributed by atoms with Crippen LogP contribution < -0.4 is 4.72 Å². The average Bonchev–Trinajstić information content (AvgIpc) is 2.26. The molecule has 0 aromatic carbocycles. The fourth-order valence-corrected chi connectivity index (χ4v) is 3.30. The molecule has 0 saturated heterocycles. The van der Waals surface area contributed by atoms with Crippen molar-refractivity contribution in [3.63, 3.8) is 0 Å². The van der Waals surface area contributed by atoms with Crippen molar-refractivity contribution in [1.82, 2.24) is 9.71 Å². The Kier molecular flexibility index (Phi) is 6.05. The minimum Gasteiger partial charge on any atom is -0.265 e. The van der Waals surface area contributed by atoms with Gasteiger partial charge in [0.1, 0.15) is 0 Å². The molecule has 1 rings (SSSR count). The Morgan fingerprint density at radius 3 is 2.50 bits per heavy atom. The van der Waals surface area contributed by atoms with E-state index in [2.05, 4.69) is 9.71 Å². The highest BCUT2D eigenvalue weighted by Gasteiger charge is 2.15. The predicted octanol–water partition coefficient (Wildman–Crippen LogP) is 1.95. The zero-order valence-electron chi connectivity index (χ0n) is 10.6.